The molecule has 1 aromatic heterocycles. The SMILES string of the molecule is O=C(Nc1nnc(C2CC2)s1)[C@@H](Cc1ccccc1)NC(=O)N1CCSCC1. The molecule has 4 rings (SSSR count). The summed E-state index contributed by atoms with van der Waals surface area (Å²) >= 11 is 3.26. The van der Waals surface area contributed by atoms with E-state index in [0.717, 1.165) is 34.9 Å². The topological polar surface area (TPSA) is 87.2 Å². The van der Waals surface area contributed by atoms with Crippen molar-refractivity contribution in [3.05, 3.63) is 40.9 Å². The first-order valence-electron chi connectivity index (χ1n) is 9.50. The Morgan fingerprint density at radius 1 is 1.14 bits per heavy atom. The summed E-state index contributed by atoms with van der Waals surface area (Å²) in [4.78, 5) is 27.4. The van der Waals surface area contributed by atoms with Gasteiger partial charge in [0.1, 0.15) is 11.0 Å². The number of rotatable bonds is 6. The molecule has 1 saturated carbocycles. The summed E-state index contributed by atoms with van der Waals surface area (Å²) in [7, 11) is 0. The largest absolute Gasteiger partial charge is 0.326 e. The van der Waals surface area contributed by atoms with E-state index in [1.54, 1.807) is 4.90 Å². The molecule has 2 fully saturated rings. The molecule has 3 amide bonds. The number of benzene rings is 1. The summed E-state index contributed by atoms with van der Waals surface area (Å²) in [6.45, 7) is 1.41. The summed E-state index contributed by atoms with van der Waals surface area (Å²) in [5.74, 6) is 2.09. The molecular formula is C19H23N5O2S2. The first kappa shape index (κ1) is 19.2. The highest BCUT2D eigenvalue weighted by Crippen LogP contribution is 2.42. The van der Waals surface area contributed by atoms with Crippen LogP contribution in [0.25, 0.3) is 0 Å². The molecule has 1 saturated heterocycles. The zero-order valence-electron chi connectivity index (χ0n) is 15.5. The van der Waals surface area contributed by atoms with Gasteiger partial charge in [0.25, 0.3) is 0 Å². The third-order valence-corrected chi connectivity index (χ3v) is 6.74. The van der Waals surface area contributed by atoms with Gasteiger partial charge in [0.2, 0.25) is 11.0 Å². The molecule has 0 bridgehead atoms. The minimum Gasteiger partial charge on any atom is -0.326 e. The second-order valence-electron chi connectivity index (χ2n) is 7.00. The average Bonchev–Trinajstić information content (AvgIpc) is 3.48. The quantitative estimate of drug-likeness (QED) is 0.755. The van der Waals surface area contributed by atoms with Crippen molar-refractivity contribution in [1.29, 1.82) is 0 Å². The van der Waals surface area contributed by atoms with E-state index in [1.807, 2.05) is 42.1 Å². The van der Waals surface area contributed by atoms with Crippen molar-refractivity contribution < 1.29 is 9.59 Å². The van der Waals surface area contributed by atoms with Crippen molar-refractivity contribution in [3.8, 4) is 0 Å². The van der Waals surface area contributed by atoms with Crippen LogP contribution in [-0.2, 0) is 11.2 Å². The molecule has 1 aliphatic heterocycles. The third kappa shape index (κ3) is 5.02. The van der Waals surface area contributed by atoms with Crippen LogP contribution in [0.15, 0.2) is 30.3 Å². The molecule has 7 nitrogen and oxygen atoms in total. The van der Waals surface area contributed by atoms with Gasteiger partial charge in [-0.15, -0.1) is 10.2 Å². The van der Waals surface area contributed by atoms with Gasteiger partial charge in [-0.05, 0) is 18.4 Å². The van der Waals surface area contributed by atoms with Crippen LogP contribution in [0.5, 0.6) is 0 Å². The molecule has 0 radical (unpaired) electrons. The van der Waals surface area contributed by atoms with Crippen molar-refractivity contribution in [2.75, 3.05) is 29.9 Å². The highest BCUT2D eigenvalue weighted by atomic mass is 32.2. The molecule has 1 aliphatic carbocycles. The van der Waals surface area contributed by atoms with Gasteiger partial charge in [-0.3, -0.25) is 10.1 Å². The van der Waals surface area contributed by atoms with E-state index in [1.165, 1.54) is 11.3 Å². The fourth-order valence-corrected chi connectivity index (χ4v) is 4.86. The van der Waals surface area contributed by atoms with E-state index in [4.69, 9.17) is 0 Å². The van der Waals surface area contributed by atoms with Crippen molar-refractivity contribution >= 4 is 40.2 Å². The Morgan fingerprint density at radius 2 is 1.89 bits per heavy atom. The third-order valence-electron chi connectivity index (χ3n) is 4.79. The Morgan fingerprint density at radius 3 is 2.61 bits per heavy atom. The zero-order valence-corrected chi connectivity index (χ0v) is 17.1. The minimum atomic E-state index is -0.669. The van der Waals surface area contributed by atoms with Crippen LogP contribution in [0.1, 0.15) is 29.3 Å². The zero-order chi connectivity index (χ0) is 19.3. The summed E-state index contributed by atoms with van der Waals surface area (Å²) in [6, 6.07) is 8.86. The van der Waals surface area contributed by atoms with Crippen LogP contribution in [-0.4, -0.2) is 57.7 Å². The summed E-state index contributed by atoms with van der Waals surface area (Å²) in [5.41, 5.74) is 0.994. The first-order valence-corrected chi connectivity index (χ1v) is 11.5. The van der Waals surface area contributed by atoms with Gasteiger partial charge in [-0.1, -0.05) is 41.7 Å². The van der Waals surface area contributed by atoms with Crippen LogP contribution in [0, 0.1) is 0 Å². The number of nitrogens with one attached hydrogen (secondary N) is 2. The molecule has 0 spiro atoms. The number of aromatic nitrogens is 2. The lowest BCUT2D eigenvalue weighted by Gasteiger charge is -2.28. The second-order valence-corrected chi connectivity index (χ2v) is 9.23. The lowest BCUT2D eigenvalue weighted by atomic mass is 10.1. The molecular weight excluding hydrogens is 394 g/mol. The van der Waals surface area contributed by atoms with E-state index < -0.39 is 6.04 Å². The lowest BCUT2D eigenvalue weighted by molar-refractivity contribution is -0.118. The number of hydrogen-bond acceptors (Lipinski definition) is 6. The minimum absolute atomic E-state index is 0.188. The van der Waals surface area contributed by atoms with Gasteiger partial charge < -0.3 is 10.2 Å². The van der Waals surface area contributed by atoms with Gasteiger partial charge in [-0.25, -0.2) is 4.79 Å². The number of nitrogens with zero attached hydrogens (tertiary/aromatic N) is 3. The number of carbonyl (C=O) groups is 2. The molecule has 148 valence electrons. The highest BCUT2D eigenvalue weighted by molar-refractivity contribution is 7.99. The predicted octanol–water partition coefficient (Wildman–Crippen LogP) is 2.72. The number of amides is 3. The van der Waals surface area contributed by atoms with Gasteiger partial charge in [0, 0.05) is 36.9 Å². The maximum atomic E-state index is 12.9. The van der Waals surface area contributed by atoms with E-state index >= 15 is 0 Å². The van der Waals surface area contributed by atoms with E-state index in [9.17, 15) is 9.59 Å². The Labute approximate surface area is 172 Å². The number of carbonyl (C=O) groups excluding carboxylic acids is 2. The smallest absolute Gasteiger partial charge is 0.318 e. The molecule has 28 heavy (non-hydrogen) atoms. The fourth-order valence-electron chi connectivity index (χ4n) is 3.04. The fraction of sp³-hybridized carbons (Fsp3) is 0.474. The Bertz CT molecular complexity index is 819. The monoisotopic (exact) mass is 417 g/mol. The summed E-state index contributed by atoms with van der Waals surface area (Å²) in [6.07, 6.45) is 2.71. The Kier molecular flexibility index (Phi) is 6.11. The van der Waals surface area contributed by atoms with Crippen molar-refractivity contribution in [1.82, 2.24) is 20.4 Å². The van der Waals surface area contributed by atoms with Gasteiger partial charge in [-0.2, -0.15) is 11.8 Å². The van der Waals surface area contributed by atoms with Crippen LogP contribution in [0.2, 0.25) is 0 Å². The molecule has 1 atom stereocenters. The van der Waals surface area contributed by atoms with Gasteiger partial charge in [0.15, 0.2) is 0 Å². The predicted molar refractivity (Wildman–Crippen MR) is 112 cm³/mol. The maximum absolute atomic E-state index is 12.9. The summed E-state index contributed by atoms with van der Waals surface area (Å²) in [5, 5.41) is 15.5. The van der Waals surface area contributed by atoms with Gasteiger partial charge in [0.05, 0.1) is 0 Å². The molecule has 2 heterocycles. The number of thioether (sulfide) groups is 1. The lowest BCUT2D eigenvalue weighted by Crippen LogP contribution is -2.52. The molecule has 2 aliphatic rings. The van der Waals surface area contributed by atoms with Crippen molar-refractivity contribution in [2.45, 2.75) is 31.2 Å². The van der Waals surface area contributed by atoms with Crippen molar-refractivity contribution in [2.24, 2.45) is 0 Å². The number of hydrogen-bond donors (Lipinski definition) is 2. The average molecular weight is 418 g/mol. The Balaban J connectivity index is 1.44. The first-order chi connectivity index (χ1) is 13.7. The highest BCUT2D eigenvalue weighted by Gasteiger charge is 2.29. The van der Waals surface area contributed by atoms with E-state index in [-0.39, 0.29) is 11.9 Å². The number of urea groups is 1. The van der Waals surface area contributed by atoms with E-state index in [2.05, 4.69) is 20.8 Å². The van der Waals surface area contributed by atoms with Crippen LogP contribution >= 0.6 is 23.1 Å². The second kappa shape index (κ2) is 8.91. The molecule has 1 aromatic carbocycles. The molecule has 9 heteroatoms. The molecule has 0 unspecified atom stereocenters. The van der Waals surface area contributed by atoms with Crippen LogP contribution in [0.4, 0.5) is 9.93 Å². The van der Waals surface area contributed by atoms with Gasteiger partial charge >= 0.3 is 6.03 Å². The normalized spacial score (nSPS) is 17.8. The standard InChI is InChI=1S/C19H23N5O2S2/c25-16(21-18-23-22-17(28-18)14-6-7-14)15(12-13-4-2-1-3-5-13)20-19(26)24-8-10-27-11-9-24/h1-5,14-15H,6-12H2,(H,20,26)(H,21,23,25)/t15-/m1/s1. The molecule has 2 aromatic rings. The maximum Gasteiger partial charge on any atom is 0.318 e. The van der Waals surface area contributed by atoms with E-state index in [0.29, 0.717) is 30.6 Å². The Hall–Kier alpha value is -2.13. The summed E-state index contributed by atoms with van der Waals surface area (Å²) < 4.78 is 0. The van der Waals surface area contributed by atoms with Crippen LogP contribution < -0.4 is 10.6 Å². The van der Waals surface area contributed by atoms with Crippen molar-refractivity contribution in [3.63, 3.8) is 0 Å². The van der Waals surface area contributed by atoms with Crippen LogP contribution in [0.3, 0.4) is 0 Å². The number of anilines is 1. The molecule has 2 N–H and O–H groups in total.